The maximum absolute atomic E-state index is 12.2. The molecule has 0 atom stereocenters. The van der Waals surface area contributed by atoms with Crippen LogP contribution in [0, 0.1) is 5.41 Å². The highest BCUT2D eigenvalue weighted by Gasteiger charge is 2.41. The third kappa shape index (κ3) is 2.38. The van der Waals surface area contributed by atoms with Crippen molar-refractivity contribution in [3.05, 3.63) is 0 Å². The van der Waals surface area contributed by atoms with E-state index in [4.69, 9.17) is 9.47 Å². The van der Waals surface area contributed by atoms with Gasteiger partial charge in [0.2, 0.25) is 0 Å². The molecule has 0 aliphatic carbocycles. The molecule has 0 saturated carbocycles. The van der Waals surface area contributed by atoms with Crippen molar-refractivity contribution in [2.24, 2.45) is 5.41 Å². The van der Waals surface area contributed by atoms with Crippen LogP contribution in [0.4, 0.5) is 0 Å². The molecule has 4 nitrogen and oxygen atoms in total. The molecule has 0 bridgehead atoms. The number of ether oxygens (including phenoxy) is 2. The van der Waals surface area contributed by atoms with Crippen LogP contribution in [0.2, 0.25) is 0 Å². The molecule has 0 spiro atoms. The van der Waals surface area contributed by atoms with Crippen LogP contribution in [0.5, 0.6) is 0 Å². The van der Waals surface area contributed by atoms with Gasteiger partial charge in [-0.05, 0) is 32.4 Å². The van der Waals surface area contributed by atoms with Gasteiger partial charge in [0.1, 0.15) is 6.10 Å². The van der Waals surface area contributed by atoms with Gasteiger partial charge in [-0.25, -0.2) is 0 Å². The Morgan fingerprint density at radius 1 is 1.44 bits per heavy atom. The number of hydrogen-bond acceptors (Lipinski definition) is 4. The average molecular weight is 227 g/mol. The van der Waals surface area contributed by atoms with E-state index in [-0.39, 0.29) is 17.5 Å². The normalized spacial score (nSPS) is 24.8. The quantitative estimate of drug-likeness (QED) is 0.731. The third-order valence-electron chi connectivity index (χ3n) is 3.60. The zero-order chi connectivity index (χ0) is 11.4. The number of rotatable bonds is 4. The molecular weight excluding hydrogens is 206 g/mol. The minimum Gasteiger partial charge on any atom is -0.457 e. The van der Waals surface area contributed by atoms with Gasteiger partial charge in [-0.3, -0.25) is 4.79 Å². The summed E-state index contributed by atoms with van der Waals surface area (Å²) in [5, 5.41) is 3.30. The molecule has 0 radical (unpaired) electrons. The number of carbonyl (C=O) groups excluding carboxylic acids is 1. The van der Waals surface area contributed by atoms with Gasteiger partial charge < -0.3 is 14.8 Å². The van der Waals surface area contributed by atoms with Gasteiger partial charge in [0, 0.05) is 0 Å². The van der Waals surface area contributed by atoms with E-state index < -0.39 is 0 Å². The number of hydrogen-bond donors (Lipinski definition) is 1. The molecule has 1 N–H and O–H groups in total. The fourth-order valence-corrected chi connectivity index (χ4v) is 2.50. The van der Waals surface area contributed by atoms with Crippen molar-refractivity contribution < 1.29 is 14.3 Å². The molecule has 0 aromatic heterocycles. The smallest absolute Gasteiger partial charge is 0.312 e. The molecule has 0 unspecified atom stereocenters. The monoisotopic (exact) mass is 227 g/mol. The minimum absolute atomic E-state index is 0.00384. The summed E-state index contributed by atoms with van der Waals surface area (Å²) in [4.78, 5) is 12.2. The topological polar surface area (TPSA) is 47.6 Å². The second kappa shape index (κ2) is 5.15. The van der Waals surface area contributed by atoms with Gasteiger partial charge in [0.25, 0.3) is 0 Å². The SMILES string of the molecule is CCCC1(C(=O)OC2COC2)CCNCC1. The number of nitrogens with one attached hydrogen (secondary N) is 1. The lowest BCUT2D eigenvalue weighted by molar-refractivity contribution is -0.185. The van der Waals surface area contributed by atoms with Gasteiger partial charge in [0.15, 0.2) is 0 Å². The second-order valence-corrected chi connectivity index (χ2v) is 4.85. The second-order valence-electron chi connectivity index (χ2n) is 4.85. The molecule has 4 heteroatoms. The van der Waals surface area contributed by atoms with Crippen molar-refractivity contribution in [3.63, 3.8) is 0 Å². The van der Waals surface area contributed by atoms with Crippen LogP contribution in [-0.2, 0) is 14.3 Å². The van der Waals surface area contributed by atoms with Gasteiger partial charge in [-0.15, -0.1) is 0 Å². The fourth-order valence-electron chi connectivity index (χ4n) is 2.50. The van der Waals surface area contributed by atoms with Crippen LogP contribution in [0.1, 0.15) is 32.6 Å². The van der Waals surface area contributed by atoms with Crippen molar-refractivity contribution in [3.8, 4) is 0 Å². The lowest BCUT2D eigenvalue weighted by Gasteiger charge is -2.37. The first-order valence-corrected chi connectivity index (χ1v) is 6.26. The van der Waals surface area contributed by atoms with Gasteiger partial charge in [0.05, 0.1) is 18.6 Å². The van der Waals surface area contributed by atoms with E-state index in [0.717, 1.165) is 38.8 Å². The molecule has 16 heavy (non-hydrogen) atoms. The van der Waals surface area contributed by atoms with Crippen LogP contribution in [0.25, 0.3) is 0 Å². The summed E-state index contributed by atoms with van der Waals surface area (Å²) >= 11 is 0. The Hall–Kier alpha value is -0.610. The Morgan fingerprint density at radius 2 is 2.12 bits per heavy atom. The van der Waals surface area contributed by atoms with Crippen LogP contribution < -0.4 is 5.32 Å². The zero-order valence-corrected chi connectivity index (χ0v) is 9.96. The molecule has 2 heterocycles. The van der Waals surface area contributed by atoms with Crippen LogP contribution >= 0.6 is 0 Å². The first-order chi connectivity index (χ1) is 7.77. The number of piperidine rings is 1. The molecule has 0 aromatic carbocycles. The Kier molecular flexibility index (Phi) is 3.82. The Labute approximate surface area is 96.7 Å². The van der Waals surface area contributed by atoms with Crippen molar-refractivity contribution in [2.45, 2.75) is 38.7 Å². The minimum atomic E-state index is -0.227. The average Bonchev–Trinajstić information content (AvgIpc) is 2.25. The van der Waals surface area contributed by atoms with Gasteiger partial charge in [-0.1, -0.05) is 13.3 Å². The Bertz CT molecular complexity index is 239. The Morgan fingerprint density at radius 3 is 2.62 bits per heavy atom. The van der Waals surface area contributed by atoms with Gasteiger partial charge >= 0.3 is 5.97 Å². The van der Waals surface area contributed by atoms with Crippen molar-refractivity contribution in [2.75, 3.05) is 26.3 Å². The Balaban J connectivity index is 1.95. The van der Waals surface area contributed by atoms with E-state index >= 15 is 0 Å². The predicted octanol–water partition coefficient (Wildman–Crippen LogP) is 1.10. The highest BCUT2D eigenvalue weighted by atomic mass is 16.6. The standard InChI is InChI=1S/C12H21NO3/c1-2-3-12(4-6-13-7-5-12)11(14)16-10-8-15-9-10/h10,13H,2-9H2,1H3. The fraction of sp³-hybridized carbons (Fsp3) is 0.917. The van der Waals surface area contributed by atoms with E-state index in [2.05, 4.69) is 12.2 Å². The van der Waals surface area contributed by atoms with E-state index in [0.29, 0.717) is 13.2 Å². The van der Waals surface area contributed by atoms with Crippen molar-refractivity contribution >= 4 is 5.97 Å². The molecule has 2 aliphatic rings. The molecule has 0 amide bonds. The zero-order valence-electron chi connectivity index (χ0n) is 9.96. The summed E-state index contributed by atoms with van der Waals surface area (Å²) in [5.74, 6) is 0.00384. The number of carbonyl (C=O) groups is 1. The summed E-state index contributed by atoms with van der Waals surface area (Å²) in [6, 6.07) is 0. The van der Waals surface area contributed by atoms with Crippen LogP contribution in [0.15, 0.2) is 0 Å². The summed E-state index contributed by atoms with van der Waals surface area (Å²) in [6.45, 7) is 5.13. The largest absolute Gasteiger partial charge is 0.457 e. The van der Waals surface area contributed by atoms with Gasteiger partial charge in [-0.2, -0.15) is 0 Å². The molecule has 2 fully saturated rings. The molecule has 92 valence electrons. The van der Waals surface area contributed by atoms with E-state index in [1.165, 1.54) is 0 Å². The maximum Gasteiger partial charge on any atom is 0.312 e. The highest BCUT2D eigenvalue weighted by molar-refractivity contribution is 5.77. The molecule has 2 aliphatic heterocycles. The van der Waals surface area contributed by atoms with E-state index in [9.17, 15) is 4.79 Å². The van der Waals surface area contributed by atoms with Crippen LogP contribution in [0.3, 0.4) is 0 Å². The third-order valence-corrected chi connectivity index (χ3v) is 3.60. The summed E-state index contributed by atoms with van der Waals surface area (Å²) in [6.07, 6.45) is 3.81. The molecule has 2 rings (SSSR count). The van der Waals surface area contributed by atoms with Crippen molar-refractivity contribution in [1.29, 1.82) is 0 Å². The summed E-state index contributed by atoms with van der Waals surface area (Å²) in [5.41, 5.74) is -0.227. The lowest BCUT2D eigenvalue weighted by atomic mass is 9.75. The van der Waals surface area contributed by atoms with Crippen molar-refractivity contribution in [1.82, 2.24) is 5.32 Å². The highest BCUT2D eigenvalue weighted by Crippen LogP contribution is 2.36. The van der Waals surface area contributed by atoms with E-state index in [1.54, 1.807) is 0 Å². The molecular formula is C12H21NO3. The molecule has 2 saturated heterocycles. The summed E-state index contributed by atoms with van der Waals surface area (Å²) < 4.78 is 10.5. The maximum atomic E-state index is 12.2. The van der Waals surface area contributed by atoms with E-state index in [1.807, 2.05) is 0 Å². The molecule has 0 aromatic rings. The lowest BCUT2D eigenvalue weighted by Crippen LogP contribution is -2.47. The van der Waals surface area contributed by atoms with Crippen LogP contribution in [-0.4, -0.2) is 38.4 Å². The summed E-state index contributed by atoms with van der Waals surface area (Å²) in [7, 11) is 0. The first kappa shape index (κ1) is 11.9. The first-order valence-electron chi connectivity index (χ1n) is 6.26. The number of esters is 1. The predicted molar refractivity (Wildman–Crippen MR) is 60.1 cm³/mol.